The van der Waals surface area contributed by atoms with Crippen molar-refractivity contribution in [2.24, 2.45) is 0 Å². The van der Waals surface area contributed by atoms with Crippen LogP contribution in [-0.4, -0.2) is 24.4 Å². The molecule has 180 valence electrons. The first-order valence-corrected chi connectivity index (χ1v) is 11.3. The molecule has 0 aliphatic heterocycles. The largest absolute Gasteiger partial charge is 0.416 e. The van der Waals surface area contributed by atoms with E-state index in [1.54, 1.807) is 18.0 Å². The van der Waals surface area contributed by atoms with Crippen LogP contribution in [0.3, 0.4) is 0 Å². The van der Waals surface area contributed by atoms with Crippen LogP contribution in [0.25, 0.3) is 0 Å². The number of nitrogens with zero attached hydrogens (tertiary/aromatic N) is 1. The van der Waals surface area contributed by atoms with Crippen LogP contribution in [0, 0.1) is 0 Å². The van der Waals surface area contributed by atoms with E-state index in [0.717, 1.165) is 28.9 Å². The molecule has 3 rings (SSSR count). The van der Waals surface area contributed by atoms with E-state index in [1.165, 1.54) is 17.7 Å². The fourth-order valence-electron chi connectivity index (χ4n) is 3.77. The molecule has 0 aliphatic rings. The quantitative estimate of drug-likeness (QED) is 0.408. The normalized spacial score (nSPS) is 11.9. The van der Waals surface area contributed by atoms with Gasteiger partial charge >= 0.3 is 6.18 Å². The first kappa shape index (κ1) is 25.3. The number of anilines is 1. The van der Waals surface area contributed by atoms with Gasteiger partial charge in [-0.05, 0) is 52.8 Å². The standard InChI is InChI=1S/C28H31F3N2O/c1-27(2,3)22-13-11-21(12-14-22)19-33(26(34)24-7-5-6-8-25(24)32-4)18-17-20-9-15-23(16-10-20)28(29,30)31/h5-16,32H,17-19H2,1-4H3. The van der Waals surface area contributed by atoms with Gasteiger partial charge in [0.05, 0.1) is 11.1 Å². The second-order valence-corrected chi connectivity index (χ2v) is 9.41. The Balaban J connectivity index is 1.83. The average Bonchev–Trinajstić information content (AvgIpc) is 2.80. The van der Waals surface area contributed by atoms with Crippen molar-refractivity contribution in [2.75, 3.05) is 18.9 Å². The summed E-state index contributed by atoms with van der Waals surface area (Å²) in [6, 6.07) is 20.7. The highest BCUT2D eigenvalue weighted by atomic mass is 19.4. The van der Waals surface area contributed by atoms with Crippen molar-refractivity contribution in [1.29, 1.82) is 0 Å². The maximum atomic E-state index is 13.5. The summed E-state index contributed by atoms with van der Waals surface area (Å²) in [7, 11) is 1.77. The monoisotopic (exact) mass is 468 g/mol. The molecule has 1 N–H and O–H groups in total. The molecule has 0 fully saturated rings. The molecule has 6 heteroatoms. The van der Waals surface area contributed by atoms with Crippen LogP contribution in [-0.2, 0) is 24.6 Å². The third kappa shape index (κ3) is 6.40. The van der Waals surface area contributed by atoms with Crippen molar-refractivity contribution < 1.29 is 18.0 Å². The fourth-order valence-corrected chi connectivity index (χ4v) is 3.77. The van der Waals surface area contributed by atoms with E-state index < -0.39 is 11.7 Å². The summed E-state index contributed by atoms with van der Waals surface area (Å²) in [6.45, 7) is 7.23. The molecule has 0 bridgehead atoms. The van der Waals surface area contributed by atoms with E-state index >= 15 is 0 Å². The zero-order valence-corrected chi connectivity index (χ0v) is 20.0. The van der Waals surface area contributed by atoms with Gasteiger partial charge in [-0.15, -0.1) is 0 Å². The number of benzene rings is 3. The van der Waals surface area contributed by atoms with E-state index in [1.807, 2.05) is 30.3 Å². The molecule has 0 heterocycles. The minimum atomic E-state index is -4.36. The van der Waals surface area contributed by atoms with E-state index in [2.05, 4.69) is 38.2 Å². The Morgan fingerprint density at radius 1 is 0.824 bits per heavy atom. The van der Waals surface area contributed by atoms with Gasteiger partial charge in [0.15, 0.2) is 0 Å². The van der Waals surface area contributed by atoms with Crippen molar-refractivity contribution in [3.05, 3.63) is 101 Å². The lowest BCUT2D eigenvalue weighted by Crippen LogP contribution is -2.33. The molecule has 3 aromatic rings. The number of para-hydroxylation sites is 1. The van der Waals surface area contributed by atoms with Gasteiger partial charge in [-0.25, -0.2) is 0 Å². The molecule has 34 heavy (non-hydrogen) atoms. The number of hydrogen-bond acceptors (Lipinski definition) is 2. The average molecular weight is 469 g/mol. The summed E-state index contributed by atoms with van der Waals surface area (Å²) in [5, 5.41) is 3.06. The Morgan fingerprint density at radius 3 is 1.94 bits per heavy atom. The van der Waals surface area contributed by atoms with Gasteiger partial charge < -0.3 is 10.2 Å². The Labute approximate surface area is 199 Å². The van der Waals surface area contributed by atoms with Crippen LogP contribution < -0.4 is 5.32 Å². The number of hydrogen-bond donors (Lipinski definition) is 1. The molecule has 0 aromatic heterocycles. The van der Waals surface area contributed by atoms with Crippen molar-refractivity contribution in [1.82, 2.24) is 4.90 Å². The lowest BCUT2D eigenvalue weighted by atomic mass is 9.87. The van der Waals surface area contributed by atoms with Gasteiger partial charge in [0, 0.05) is 25.8 Å². The molecule has 0 saturated carbocycles. The lowest BCUT2D eigenvalue weighted by Gasteiger charge is -2.25. The van der Waals surface area contributed by atoms with Crippen LogP contribution in [0.1, 0.15) is 53.4 Å². The molecule has 0 radical (unpaired) electrons. The summed E-state index contributed by atoms with van der Waals surface area (Å²) >= 11 is 0. The van der Waals surface area contributed by atoms with Gasteiger partial charge in [-0.3, -0.25) is 4.79 Å². The van der Waals surface area contributed by atoms with Gasteiger partial charge in [0.25, 0.3) is 5.91 Å². The maximum Gasteiger partial charge on any atom is 0.416 e. The number of amides is 1. The number of rotatable bonds is 7. The van der Waals surface area contributed by atoms with E-state index in [9.17, 15) is 18.0 Å². The summed E-state index contributed by atoms with van der Waals surface area (Å²) in [4.78, 5) is 15.2. The minimum absolute atomic E-state index is 0.0301. The Bertz CT molecular complexity index is 1100. The third-order valence-electron chi connectivity index (χ3n) is 5.86. The Kier molecular flexibility index (Phi) is 7.70. The van der Waals surface area contributed by atoms with E-state index in [0.29, 0.717) is 25.1 Å². The Morgan fingerprint density at radius 2 is 1.38 bits per heavy atom. The lowest BCUT2D eigenvalue weighted by molar-refractivity contribution is -0.137. The fraction of sp³-hybridized carbons (Fsp3) is 0.321. The van der Waals surface area contributed by atoms with Gasteiger partial charge in [-0.1, -0.05) is 69.3 Å². The molecule has 0 atom stereocenters. The van der Waals surface area contributed by atoms with Crippen LogP contribution in [0.4, 0.5) is 18.9 Å². The van der Waals surface area contributed by atoms with Crippen molar-refractivity contribution in [3.8, 4) is 0 Å². The van der Waals surface area contributed by atoms with Crippen molar-refractivity contribution in [3.63, 3.8) is 0 Å². The molecule has 1 amide bonds. The molecule has 0 spiro atoms. The minimum Gasteiger partial charge on any atom is -0.387 e. The van der Waals surface area contributed by atoms with Crippen LogP contribution >= 0.6 is 0 Å². The number of nitrogens with one attached hydrogen (secondary N) is 1. The molecule has 0 unspecified atom stereocenters. The smallest absolute Gasteiger partial charge is 0.387 e. The Hall–Kier alpha value is -3.28. The number of halogens is 3. The van der Waals surface area contributed by atoms with E-state index in [-0.39, 0.29) is 11.3 Å². The number of carbonyl (C=O) groups is 1. The molecule has 3 aromatic carbocycles. The second-order valence-electron chi connectivity index (χ2n) is 9.41. The van der Waals surface area contributed by atoms with Crippen LogP contribution in [0.15, 0.2) is 72.8 Å². The summed E-state index contributed by atoms with van der Waals surface area (Å²) < 4.78 is 38.7. The molecular weight excluding hydrogens is 437 g/mol. The highest BCUT2D eigenvalue weighted by Gasteiger charge is 2.30. The molecular formula is C28H31F3N2O. The highest BCUT2D eigenvalue weighted by Crippen LogP contribution is 2.29. The maximum absolute atomic E-state index is 13.5. The predicted octanol–water partition coefficient (Wildman–Crippen LogP) is 6.93. The van der Waals surface area contributed by atoms with Crippen molar-refractivity contribution in [2.45, 2.75) is 45.3 Å². The van der Waals surface area contributed by atoms with E-state index in [4.69, 9.17) is 0 Å². The van der Waals surface area contributed by atoms with Gasteiger partial charge in [-0.2, -0.15) is 13.2 Å². The SMILES string of the molecule is CNc1ccccc1C(=O)N(CCc1ccc(C(F)(F)F)cc1)Cc1ccc(C(C)(C)C)cc1. The molecule has 0 aliphatic carbocycles. The summed E-state index contributed by atoms with van der Waals surface area (Å²) in [6.07, 6.45) is -3.91. The van der Waals surface area contributed by atoms with Crippen LogP contribution in [0.2, 0.25) is 0 Å². The predicted molar refractivity (Wildman–Crippen MR) is 131 cm³/mol. The van der Waals surface area contributed by atoms with Crippen LogP contribution in [0.5, 0.6) is 0 Å². The van der Waals surface area contributed by atoms with Crippen molar-refractivity contribution >= 4 is 11.6 Å². The number of carbonyl (C=O) groups excluding carboxylic acids is 1. The third-order valence-corrected chi connectivity index (χ3v) is 5.86. The zero-order chi connectivity index (χ0) is 24.9. The zero-order valence-electron chi connectivity index (χ0n) is 20.0. The molecule has 3 nitrogen and oxygen atoms in total. The summed E-state index contributed by atoms with van der Waals surface area (Å²) in [5.74, 6) is -0.128. The highest BCUT2D eigenvalue weighted by molar-refractivity contribution is 5.99. The van der Waals surface area contributed by atoms with Gasteiger partial charge in [0.2, 0.25) is 0 Å². The second kappa shape index (κ2) is 10.3. The first-order chi connectivity index (χ1) is 16.0. The number of alkyl halides is 3. The molecule has 0 saturated heterocycles. The summed E-state index contributed by atoms with van der Waals surface area (Å²) in [5.41, 5.74) is 3.60. The topological polar surface area (TPSA) is 32.3 Å². The first-order valence-electron chi connectivity index (χ1n) is 11.3. The van der Waals surface area contributed by atoms with Gasteiger partial charge in [0.1, 0.15) is 0 Å².